The molecule has 0 radical (unpaired) electrons. The van der Waals surface area contributed by atoms with E-state index in [-0.39, 0.29) is 0 Å². The average molecular weight is 346 g/mol. The highest BCUT2D eigenvalue weighted by Gasteiger charge is 2.19. The van der Waals surface area contributed by atoms with Gasteiger partial charge in [0.1, 0.15) is 0 Å². The van der Waals surface area contributed by atoms with Crippen LogP contribution < -0.4 is 0 Å². The Balaban J connectivity index is 1.51. The molecule has 0 nitrogen and oxygen atoms in total. The molecular weight excluding hydrogens is 324 g/mol. The van der Waals surface area contributed by atoms with E-state index in [0.717, 1.165) is 6.42 Å². The van der Waals surface area contributed by atoms with Gasteiger partial charge in [-0.15, -0.1) is 0 Å². The van der Waals surface area contributed by atoms with Crippen LogP contribution in [-0.4, -0.2) is 0 Å². The number of hydrogen-bond acceptors (Lipinski definition) is 0. The summed E-state index contributed by atoms with van der Waals surface area (Å²) >= 11 is 0. The lowest BCUT2D eigenvalue weighted by Crippen LogP contribution is -1.84. The molecule has 0 bridgehead atoms. The van der Waals surface area contributed by atoms with Crippen LogP contribution in [0.15, 0.2) is 84.9 Å². The monoisotopic (exact) mass is 346 g/mol. The molecule has 0 spiro atoms. The molecule has 4 aromatic carbocycles. The van der Waals surface area contributed by atoms with Gasteiger partial charge in [-0.05, 0) is 64.8 Å². The van der Waals surface area contributed by atoms with Crippen molar-refractivity contribution in [2.24, 2.45) is 0 Å². The quantitative estimate of drug-likeness (QED) is 0.317. The van der Waals surface area contributed by atoms with E-state index in [1.54, 1.807) is 0 Å². The van der Waals surface area contributed by atoms with E-state index in [1.807, 2.05) is 0 Å². The second-order valence-electron chi connectivity index (χ2n) is 7.65. The number of aryl methyl sites for hydroxylation is 2. The van der Waals surface area contributed by atoms with Crippen LogP contribution in [0.1, 0.15) is 22.3 Å². The summed E-state index contributed by atoms with van der Waals surface area (Å²) in [6.45, 7) is 4.27. The molecule has 0 fully saturated rings. The van der Waals surface area contributed by atoms with Crippen LogP contribution in [0.3, 0.4) is 0 Å². The third-order valence-corrected chi connectivity index (χ3v) is 5.65. The lowest BCUT2D eigenvalue weighted by molar-refractivity contribution is 1.26. The third kappa shape index (κ3) is 2.88. The van der Waals surface area contributed by atoms with Crippen LogP contribution in [0.2, 0.25) is 0 Å². The molecular formula is C27H22. The number of rotatable bonds is 2. The lowest BCUT2D eigenvalue weighted by Gasteiger charge is -2.07. The molecule has 0 heteroatoms. The third-order valence-electron chi connectivity index (χ3n) is 5.65. The van der Waals surface area contributed by atoms with Gasteiger partial charge in [0.2, 0.25) is 0 Å². The van der Waals surface area contributed by atoms with Crippen LogP contribution in [0.25, 0.3) is 33.4 Å². The van der Waals surface area contributed by atoms with E-state index in [9.17, 15) is 0 Å². The van der Waals surface area contributed by atoms with Crippen LogP contribution in [0.4, 0.5) is 0 Å². The van der Waals surface area contributed by atoms with Gasteiger partial charge in [0.05, 0.1) is 0 Å². The van der Waals surface area contributed by atoms with E-state index in [2.05, 4.69) is 98.8 Å². The first kappa shape index (κ1) is 16.1. The summed E-state index contributed by atoms with van der Waals surface area (Å²) in [6.07, 6.45) is 1.02. The van der Waals surface area contributed by atoms with Gasteiger partial charge in [0.15, 0.2) is 0 Å². The molecule has 130 valence electrons. The van der Waals surface area contributed by atoms with E-state index >= 15 is 0 Å². The van der Waals surface area contributed by atoms with Crippen molar-refractivity contribution in [1.29, 1.82) is 0 Å². The topological polar surface area (TPSA) is 0 Å². The Kier molecular flexibility index (Phi) is 3.72. The molecule has 0 aromatic heterocycles. The summed E-state index contributed by atoms with van der Waals surface area (Å²) < 4.78 is 0. The SMILES string of the molecule is Cc1ccc(-c2ccc3c(c2)Cc2cc(-c4ccc(C)cc4)ccc2-3)cc1. The molecule has 4 aromatic rings. The second-order valence-corrected chi connectivity index (χ2v) is 7.65. The van der Waals surface area contributed by atoms with Gasteiger partial charge in [-0.25, -0.2) is 0 Å². The van der Waals surface area contributed by atoms with Crippen molar-refractivity contribution in [3.05, 3.63) is 107 Å². The highest BCUT2D eigenvalue weighted by atomic mass is 14.2. The summed E-state index contributed by atoms with van der Waals surface area (Å²) in [7, 11) is 0. The smallest absolute Gasteiger partial charge is 0.00130 e. The maximum atomic E-state index is 2.37. The Labute approximate surface area is 161 Å². The zero-order valence-electron chi connectivity index (χ0n) is 15.8. The van der Waals surface area contributed by atoms with Gasteiger partial charge >= 0.3 is 0 Å². The molecule has 0 heterocycles. The molecule has 5 rings (SSSR count). The van der Waals surface area contributed by atoms with Crippen molar-refractivity contribution in [3.63, 3.8) is 0 Å². The van der Waals surface area contributed by atoms with E-state index in [4.69, 9.17) is 0 Å². The predicted octanol–water partition coefficient (Wildman–Crippen LogP) is 7.21. The van der Waals surface area contributed by atoms with Gasteiger partial charge in [-0.2, -0.15) is 0 Å². The van der Waals surface area contributed by atoms with Gasteiger partial charge in [-0.3, -0.25) is 0 Å². The largest absolute Gasteiger partial charge is 0.0587 e. The first-order valence-corrected chi connectivity index (χ1v) is 9.58. The minimum Gasteiger partial charge on any atom is -0.0587 e. The summed E-state index contributed by atoms with van der Waals surface area (Å²) in [6, 6.07) is 31.4. The molecule has 0 atom stereocenters. The minimum atomic E-state index is 1.02. The molecule has 1 aliphatic carbocycles. The maximum Gasteiger partial charge on any atom is -0.00130 e. The predicted molar refractivity (Wildman–Crippen MR) is 115 cm³/mol. The molecule has 0 aliphatic heterocycles. The zero-order valence-corrected chi connectivity index (χ0v) is 15.8. The van der Waals surface area contributed by atoms with Crippen molar-refractivity contribution in [3.8, 4) is 33.4 Å². The molecule has 0 amide bonds. The molecule has 27 heavy (non-hydrogen) atoms. The fourth-order valence-electron chi connectivity index (χ4n) is 4.06. The van der Waals surface area contributed by atoms with E-state index in [0.29, 0.717) is 0 Å². The Morgan fingerprint density at radius 2 is 0.815 bits per heavy atom. The summed E-state index contributed by atoms with van der Waals surface area (Å²) in [5.41, 5.74) is 13.4. The fraction of sp³-hybridized carbons (Fsp3) is 0.111. The second kappa shape index (κ2) is 6.25. The summed E-state index contributed by atoms with van der Waals surface area (Å²) in [4.78, 5) is 0. The van der Waals surface area contributed by atoms with Crippen molar-refractivity contribution < 1.29 is 0 Å². The van der Waals surface area contributed by atoms with Gasteiger partial charge in [0, 0.05) is 0 Å². The number of fused-ring (bicyclic) bond motifs is 3. The van der Waals surface area contributed by atoms with Crippen LogP contribution in [-0.2, 0) is 6.42 Å². The average Bonchev–Trinajstić information content (AvgIpc) is 3.06. The fourth-order valence-corrected chi connectivity index (χ4v) is 4.06. The minimum absolute atomic E-state index is 1.02. The lowest BCUT2D eigenvalue weighted by atomic mass is 9.97. The number of hydrogen-bond donors (Lipinski definition) is 0. The van der Waals surface area contributed by atoms with Crippen LogP contribution in [0.5, 0.6) is 0 Å². The van der Waals surface area contributed by atoms with Crippen molar-refractivity contribution in [1.82, 2.24) is 0 Å². The Hall–Kier alpha value is -3.12. The van der Waals surface area contributed by atoms with Gasteiger partial charge < -0.3 is 0 Å². The standard InChI is InChI=1S/C27H22/c1-18-3-7-20(8-4-18)22-11-13-26-24(15-22)17-25-16-23(12-14-27(25)26)21-9-5-19(2)6-10-21/h3-16H,17H2,1-2H3. The van der Waals surface area contributed by atoms with Crippen molar-refractivity contribution in [2.75, 3.05) is 0 Å². The van der Waals surface area contributed by atoms with Gasteiger partial charge in [-0.1, -0.05) is 96.1 Å². The first-order chi connectivity index (χ1) is 13.2. The molecule has 0 N–H and O–H groups in total. The molecule has 1 aliphatic rings. The van der Waals surface area contributed by atoms with E-state index in [1.165, 1.54) is 55.6 Å². The molecule has 0 unspecified atom stereocenters. The Morgan fingerprint density at radius 3 is 1.22 bits per heavy atom. The Morgan fingerprint density at radius 1 is 0.444 bits per heavy atom. The van der Waals surface area contributed by atoms with Crippen LogP contribution >= 0.6 is 0 Å². The van der Waals surface area contributed by atoms with Crippen molar-refractivity contribution >= 4 is 0 Å². The van der Waals surface area contributed by atoms with Crippen molar-refractivity contribution in [2.45, 2.75) is 20.3 Å². The van der Waals surface area contributed by atoms with E-state index < -0.39 is 0 Å². The number of benzene rings is 4. The highest BCUT2D eigenvalue weighted by Crippen LogP contribution is 2.40. The molecule has 0 saturated carbocycles. The van der Waals surface area contributed by atoms with Gasteiger partial charge in [0.25, 0.3) is 0 Å². The summed E-state index contributed by atoms with van der Waals surface area (Å²) in [5, 5.41) is 0. The first-order valence-electron chi connectivity index (χ1n) is 9.58. The Bertz CT molecular complexity index is 1040. The van der Waals surface area contributed by atoms with Crippen LogP contribution in [0, 0.1) is 13.8 Å². The maximum absolute atomic E-state index is 2.37. The summed E-state index contributed by atoms with van der Waals surface area (Å²) in [5.74, 6) is 0. The normalized spacial score (nSPS) is 11.9. The zero-order chi connectivity index (χ0) is 18.4. The highest BCUT2D eigenvalue weighted by molar-refractivity contribution is 5.82. The molecule has 0 saturated heterocycles.